The van der Waals surface area contributed by atoms with Crippen molar-refractivity contribution in [2.75, 3.05) is 11.5 Å². The fourth-order valence-electron chi connectivity index (χ4n) is 0.984. The van der Waals surface area contributed by atoms with Gasteiger partial charge < -0.3 is 0 Å². The average molecular weight is 210 g/mol. The molecule has 0 N–H and O–H groups in total. The number of hydrogen-bond acceptors (Lipinski definition) is 1. The highest BCUT2D eigenvalue weighted by Gasteiger charge is 2.05. The second kappa shape index (κ2) is 6.39. The molecule has 0 unspecified atom stereocenters. The largest absolute Gasteiger partial charge is 0.199 e. The van der Waals surface area contributed by atoms with Crippen molar-refractivity contribution in [1.29, 1.82) is 0 Å². The van der Waals surface area contributed by atoms with Crippen LogP contribution in [0.25, 0.3) is 0 Å². The van der Waals surface area contributed by atoms with E-state index in [1.165, 1.54) is 18.1 Å². The average Bonchev–Trinajstić information content (AvgIpc) is 1.84. The summed E-state index contributed by atoms with van der Waals surface area (Å²) in [6.07, 6.45) is 0. The van der Waals surface area contributed by atoms with Crippen molar-refractivity contribution in [3.05, 3.63) is 0 Å². The Labute approximate surface area is 80.1 Å². The first-order valence-corrected chi connectivity index (χ1v) is 8.47. The van der Waals surface area contributed by atoms with E-state index in [9.17, 15) is 0 Å². The van der Waals surface area contributed by atoms with Gasteiger partial charge in [-0.1, -0.05) is 27.7 Å². The maximum absolute atomic E-state index is 5.11. The molecule has 0 radical (unpaired) electrons. The smallest absolute Gasteiger partial charge is 0.0208 e. The predicted molar refractivity (Wildman–Crippen MR) is 62.7 cm³/mol. The molecule has 11 heavy (non-hydrogen) atoms. The molecule has 0 aromatic heterocycles. The van der Waals surface area contributed by atoms with Gasteiger partial charge in [0.15, 0.2) is 0 Å². The molecule has 0 aliphatic carbocycles. The van der Waals surface area contributed by atoms with Crippen LogP contribution in [0.2, 0.25) is 0 Å². The third kappa shape index (κ3) is 7.24. The third-order valence-electron chi connectivity index (χ3n) is 1.27. The number of hydrogen-bond donors (Lipinski definition) is 1. The van der Waals surface area contributed by atoms with Gasteiger partial charge in [0, 0.05) is 6.56 Å². The highest BCUT2D eigenvalue weighted by molar-refractivity contribution is 8.67. The van der Waals surface area contributed by atoms with Crippen molar-refractivity contribution >= 4 is 28.9 Å². The van der Waals surface area contributed by atoms with Gasteiger partial charge >= 0.3 is 0 Å². The van der Waals surface area contributed by atoms with E-state index >= 15 is 0 Å². The third-order valence-corrected chi connectivity index (χ3v) is 7.55. The summed E-state index contributed by atoms with van der Waals surface area (Å²) in [5.41, 5.74) is 0. The summed E-state index contributed by atoms with van der Waals surface area (Å²) < 4.78 is 0. The van der Waals surface area contributed by atoms with Crippen LogP contribution in [0.1, 0.15) is 27.7 Å². The molecule has 0 aliphatic rings. The van der Waals surface area contributed by atoms with Gasteiger partial charge in [-0.2, -0.15) is 10.5 Å². The maximum Gasteiger partial charge on any atom is 0.0208 e. The zero-order valence-corrected chi connectivity index (χ0v) is 10.5. The van der Waals surface area contributed by atoms with Crippen molar-refractivity contribution in [3.8, 4) is 0 Å². The molecule has 0 saturated carbocycles. The molecule has 0 rings (SSSR count). The second-order valence-corrected chi connectivity index (χ2v) is 9.30. The Morgan fingerprint density at radius 1 is 1.09 bits per heavy atom. The molecule has 0 aromatic rings. The fourth-order valence-corrected chi connectivity index (χ4v) is 6.51. The Morgan fingerprint density at radius 3 is 1.64 bits per heavy atom. The standard InChI is InChI=1S/C8H19PS2/c1-7(2)5-11(9-10)6-8(3)4/h7-8,11H,5-6H2,1-4H3. The van der Waals surface area contributed by atoms with Crippen molar-refractivity contribution in [2.45, 2.75) is 27.7 Å². The Morgan fingerprint density at radius 2 is 1.45 bits per heavy atom. The lowest BCUT2D eigenvalue weighted by molar-refractivity contribution is 0.729. The highest BCUT2D eigenvalue weighted by atomic mass is 32.9. The molecule has 0 heterocycles. The molecule has 0 aromatic carbocycles. The van der Waals surface area contributed by atoms with Gasteiger partial charge in [-0.15, -0.1) is 0 Å². The summed E-state index contributed by atoms with van der Waals surface area (Å²) in [4.78, 5) is 0. The van der Waals surface area contributed by atoms with Gasteiger partial charge in [-0.25, -0.2) is 0 Å². The van der Waals surface area contributed by atoms with Crippen LogP contribution in [0.15, 0.2) is 0 Å². The molecule has 0 fully saturated rings. The van der Waals surface area contributed by atoms with Gasteiger partial charge in [0.05, 0.1) is 0 Å². The Bertz CT molecular complexity index is 103. The van der Waals surface area contributed by atoms with Crippen LogP contribution in [0.4, 0.5) is 0 Å². The molecule has 0 saturated heterocycles. The monoisotopic (exact) mass is 210 g/mol. The summed E-state index contributed by atoms with van der Waals surface area (Å²) in [6, 6.07) is 0. The van der Waals surface area contributed by atoms with Crippen LogP contribution in [-0.4, -0.2) is 11.5 Å². The van der Waals surface area contributed by atoms with E-state index in [-0.39, 0.29) is 10.5 Å². The van der Waals surface area contributed by atoms with Crippen LogP contribution in [0.5, 0.6) is 0 Å². The summed E-state index contributed by atoms with van der Waals surface area (Å²) >= 11 is 5.11. The zero-order chi connectivity index (χ0) is 8.85. The van der Waals surface area contributed by atoms with Crippen molar-refractivity contribution < 1.29 is 0 Å². The first-order valence-electron chi connectivity index (χ1n) is 4.14. The van der Waals surface area contributed by atoms with Crippen molar-refractivity contribution in [2.24, 2.45) is 11.8 Å². The number of rotatable bonds is 5. The molecule has 0 atom stereocenters. The van der Waals surface area contributed by atoms with Crippen molar-refractivity contribution in [3.63, 3.8) is 0 Å². The van der Waals surface area contributed by atoms with E-state index in [4.69, 9.17) is 11.8 Å². The van der Waals surface area contributed by atoms with Gasteiger partial charge in [0.2, 0.25) is 0 Å². The van der Waals surface area contributed by atoms with Crippen molar-refractivity contribution in [1.82, 2.24) is 0 Å². The first-order chi connectivity index (χ1) is 5.06. The summed E-state index contributed by atoms with van der Waals surface area (Å²) in [5, 5.41) is 0. The fraction of sp³-hybridized carbons (Fsp3) is 1.00. The topological polar surface area (TPSA) is 0 Å². The predicted octanol–water partition coefficient (Wildman–Crippen LogP) is 3.62. The van der Waals surface area contributed by atoms with Crippen LogP contribution < -0.4 is 0 Å². The lowest BCUT2D eigenvalue weighted by Crippen LogP contribution is -2.01. The number of thiol groups is 1. The zero-order valence-electron chi connectivity index (χ0n) is 7.87. The van der Waals surface area contributed by atoms with Gasteiger partial charge in [0.25, 0.3) is 0 Å². The summed E-state index contributed by atoms with van der Waals surface area (Å²) in [5.74, 6) is 4.38. The van der Waals surface area contributed by atoms with Gasteiger partial charge in [0.1, 0.15) is 0 Å². The molecule has 0 nitrogen and oxygen atoms in total. The molecule has 0 amide bonds. The van der Waals surface area contributed by atoms with Crippen LogP contribution in [0.3, 0.4) is 0 Å². The highest BCUT2D eigenvalue weighted by Crippen LogP contribution is 2.42. The molecule has 68 valence electrons. The molecule has 3 heteroatoms. The minimum Gasteiger partial charge on any atom is -0.199 e. The summed E-state index contributed by atoms with van der Waals surface area (Å²) in [7, 11) is 0.150. The Kier molecular flexibility index (Phi) is 6.90. The van der Waals surface area contributed by atoms with Crippen LogP contribution in [-0.2, 0) is 11.8 Å². The van der Waals surface area contributed by atoms with E-state index in [0.29, 0.717) is 0 Å². The lowest BCUT2D eigenvalue weighted by Gasteiger charge is -2.19. The van der Waals surface area contributed by atoms with Crippen LogP contribution in [0, 0.1) is 11.8 Å². The summed E-state index contributed by atoms with van der Waals surface area (Å²) in [6.45, 7) is 10.4. The van der Waals surface area contributed by atoms with Gasteiger partial charge in [-0.05, 0) is 35.1 Å². The van der Waals surface area contributed by atoms with E-state index in [2.05, 4.69) is 27.7 Å². The molecular formula is C8H19PS2. The molecule has 0 spiro atoms. The lowest BCUT2D eigenvalue weighted by atomic mass is 10.3. The van der Waals surface area contributed by atoms with E-state index in [1.54, 1.807) is 0 Å². The Hall–Kier alpha value is 0.870. The quantitative estimate of drug-likeness (QED) is 0.534. The van der Waals surface area contributed by atoms with Crippen LogP contribution >= 0.6 is 17.1 Å². The van der Waals surface area contributed by atoms with E-state index in [1.807, 2.05) is 0 Å². The SMILES string of the molecule is CC(C)C[SH](CC(C)C)P=S. The second-order valence-electron chi connectivity index (χ2n) is 3.74. The normalized spacial score (nSPS) is 13.1. The molecule has 0 aliphatic heterocycles. The van der Waals surface area contributed by atoms with Gasteiger partial charge in [-0.3, -0.25) is 0 Å². The minimum absolute atomic E-state index is 0.150. The molecule has 0 bridgehead atoms. The van der Waals surface area contributed by atoms with E-state index in [0.717, 1.165) is 11.8 Å². The molecular weight excluding hydrogens is 191 g/mol. The minimum atomic E-state index is 0.150. The van der Waals surface area contributed by atoms with E-state index < -0.39 is 0 Å². The maximum atomic E-state index is 5.11. The Balaban J connectivity index is 3.67. The first kappa shape index (κ1) is 11.9.